The largest absolute Gasteiger partial charge is 0.484 e. The van der Waals surface area contributed by atoms with E-state index in [2.05, 4.69) is 0 Å². The van der Waals surface area contributed by atoms with Crippen LogP contribution in [0.15, 0.2) is 24.3 Å². The van der Waals surface area contributed by atoms with Crippen molar-refractivity contribution in [1.82, 2.24) is 4.90 Å². The minimum absolute atomic E-state index is 0.0953. The van der Waals surface area contributed by atoms with Gasteiger partial charge in [-0.05, 0) is 43.5 Å². The van der Waals surface area contributed by atoms with Crippen molar-refractivity contribution in [3.8, 4) is 5.75 Å². The molecule has 1 aliphatic rings. The van der Waals surface area contributed by atoms with Crippen molar-refractivity contribution in [2.45, 2.75) is 32.1 Å². The number of rotatable bonds is 5. The second-order valence-electron chi connectivity index (χ2n) is 5.27. The summed E-state index contributed by atoms with van der Waals surface area (Å²) in [4.78, 5) is 14.0. The molecule has 110 valence electrons. The molecular formula is C16H24N2O2. The summed E-state index contributed by atoms with van der Waals surface area (Å²) in [6.45, 7) is 2.53. The van der Waals surface area contributed by atoms with Crippen LogP contribution in [0.5, 0.6) is 5.75 Å². The molecule has 0 radical (unpaired) electrons. The standard InChI is InChI=1S/C16H24N2O2/c17-10-9-14-5-7-15(8-6-14)20-13-16(19)18-11-3-1-2-4-12-18/h5-8H,1-4,9-13,17H2. The number of carbonyl (C=O) groups excluding carboxylic acids is 1. The number of benzene rings is 1. The van der Waals surface area contributed by atoms with Gasteiger partial charge in [0.05, 0.1) is 0 Å². The van der Waals surface area contributed by atoms with Gasteiger partial charge in [-0.3, -0.25) is 4.79 Å². The van der Waals surface area contributed by atoms with Crippen molar-refractivity contribution >= 4 is 5.91 Å². The van der Waals surface area contributed by atoms with E-state index >= 15 is 0 Å². The van der Waals surface area contributed by atoms with E-state index in [4.69, 9.17) is 10.5 Å². The van der Waals surface area contributed by atoms with Crippen molar-refractivity contribution in [3.05, 3.63) is 29.8 Å². The number of hydrogen-bond donors (Lipinski definition) is 1. The molecule has 1 aliphatic heterocycles. The Kier molecular flexibility index (Phi) is 5.87. The molecule has 0 saturated carbocycles. The van der Waals surface area contributed by atoms with Crippen molar-refractivity contribution < 1.29 is 9.53 Å². The summed E-state index contributed by atoms with van der Waals surface area (Å²) < 4.78 is 5.57. The molecule has 1 aromatic carbocycles. The molecule has 0 aromatic heterocycles. The molecule has 4 heteroatoms. The first kappa shape index (κ1) is 14.9. The zero-order chi connectivity index (χ0) is 14.2. The number of nitrogens with zero attached hydrogens (tertiary/aromatic N) is 1. The Balaban J connectivity index is 1.80. The summed E-state index contributed by atoms with van der Waals surface area (Å²) in [6.07, 6.45) is 5.55. The SMILES string of the molecule is NCCc1ccc(OCC(=O)N2CCCCCC2)cc1. The lowest BCUT2D eigenvalue weighted by Gasteiger charge is -2.20. The van der Waals surface area contributed by atoms with Gasteiger partial charge in [-0.25, -0.2) is 0 Å². The molecule has 1 fully saturated rings. The van der Waals surface area contributed by atoms with Gasteiger partial charge in [0.25, 0.3) is 5.91 Å². The average Bonchev–Trinajstić information content (AvgIpc) is 2.76. The van der Waals surface area contributed by atoms with Gasteiger partial charge in [0.1, 0.15) is 5.75 Å². The van der Waals surface area contributed by atoms with E-state index < -0.39 is 0 Å². The lowest BCUT2D eigenvalue weighted by atomic mass is 10.1. The van der Waals surface area contributed by atoms with Crippen LogP contribution in [0.1, 0.15) is 31.2 Å². The Morgan fingerprint density at radius 1 is 1.10 bits per heavy atom. The summed E-state index contributed by atoms with van der Waals surface area (Å²) in [5.41, 5.74) is 6.70. The van der Waals surface area contributed by atoms with Crippen LogP contribution in [0.3, 0.4) is 0 Å². The molecule has 2 N–H and O–H groups in total. The first-order valence-electron chi connectivity index (χ1n) is 7.49. The van der Waals surface area contributed by atoms with Gasteiger partial charge in [-0.1, -0.05) is 25.0 Å². The molecule has 1 heterocycles. The predicted molar refractivity (Wildman–Crippen MR) is 79.7 cm³/mol. The third kappa shape index (κ3) is 4.53. The van der Waals surface area contributed by atoms with Crippen LogP contribution < -0.4 is 10.5 Å². The highest BCUT2D eigenvalue weighted by Crippen LogP contribution is 2.14. The van der Waals surface area contributed by atoms with Crippen molar-refractivity contribution in [3.63, 3.8) is 0 Å². The van der Waals surface area contributed by atoms with Gasteiger partial charge < -0.3 is 15.4 Å². The van der Waals surface area contributed by atoms with Gasteiger partial charge in [-0.2, -0.15) is 0 Å². The van der Waals surface area contributed by atoms with Crippen LogP contribution in [0.4, 0.5) is 0 Å². The Bertz CT molecular complexity index is 409. The summed E-state index contributed by atoms with van der Waals surface area (Å²) in [6, 6.07) is 7.80. The van der Waals surface area contributed by atoms with Crippen LogP contribution in [0.25, 0.3) is 0 Å². The fourth-order valence-corrected chi connectivity index (χ4v) is 2.48. The normalized spacial score (nSPS) is 15.8. The minimum Gasteiger partial charge on any atom is -0.484 e. The van der Waals surface area contributed by atoms with Gasteiger partial charge in [-0.15, -0.1) is 0 Å². The third-order valence-electron chi connectivity index (χ3n) is 3.68. The van der Waals surface area contributed by atoms with Crippen LogP contribution in [0, 0.1) is 0 Å². The van der Waals surface area contributed by atoms with Crippen LogP contribution in [-0.4, -0.2) is 37.0 Å². The van der Waals surface area contributed by atoms with Crippen LogP contribution >= 0.6 is 0 Å². The molecule has 20 heavy (non-hydrogen) atoms. The van der Waals surface area contributed by atoms with Gasteiger partial charge in [0, 0.05) is 13.1 Å². The lowest BCUT2D eigenvalue weighted by molar-refractivity contribution is -0.133. The second kappa shape index (κ2) is 7.90. The van der Waals surface area contributed by atoms with Gasteiger partial charge in [0.15, 0.2) is 6.61 Å². The minimum atomic E-state index is 0.0953. The van der Waals surface area contributed by atoms with Gasteiger partial charge >= 0.3 is 0 Å². The van der Waals surface area contributed by atoms with Crippen molar-refractivity contribution in [2.75, 3.05) is 26.2 Å². The summed E-state index contributed by atoms with van der Waals surface area (Å²) in [5.74, 6) is 0.840. The van der Waals surface area contributed by atoms with Crippen LogP contribution in [0.2, 0.25) is 0 Å². The molecule has 0 unspecified atom stereocenters. The van der Waals surface area contributed by atoms with E-state index in [-0.39, 0.29) is 12.5 Å². The molecule has 1 amide bonds. The highest BCUT2D eigenvalue weighted by atomic mass is 16.5. The molecule has 0 atom stereocenters. The Morgan fingerprint density at radius 2 is 1.75 bits per heavy atom. The van der Waals surface area contributed by atoms with Crippen molar-refractivity contribution in [1.29, 1.82) is 0 Å². The molecule has 0 aliphatic carbocycles. The summed E-state index contributed by atoms with van der Waals surface area (Å²) in [7, 11) is 0. The molecule has 0 bridgehead atoms. The monoisotopic (exact) mass is 276 g/mol. The Hall–Kier alpha value is -1.55. The van der Waals surface area contributed by atoms with E-state index in [1.807, 2.05) is 29.2 Å². The van der Waals surface area contributed by atoms with Crippen LogP contribution in [-0.2, 0) is 11.2 Å². The van der Waals surface area contributed by atoms with E-state index in [1.54, 1.807) is 0 Å². The average molecular weight is 276 g/mol. The Morgan fingerprint density at radius 3 is 2.35 bits per heavy atom. The molecular weight excluding hydrogens is 252 g/mol. The molecule has 1 saturated heterocycles. The molecule has 2 rings (SSSR count). The number of amides is 1. The predicted octanol–water partition coefficient (Wildman–Crippen LogP) is 1.97. The zero-order valence-corrected chi connectivity index (χ0v) is 12.0. The van der Waals surface area contributed by atoms with E-state index in [9.17, 15) is 4.79 Å². The van der Waals surface area contributed by atoms with E-state index in [1.165, 1.54) is 18.4 Å². The van der Waals surface area contributed by atoms with Gasteiger partial charge in [0.2, 0.25) is 0 Å². The maximum atomic E-state index is 12.1. The van der Waals surface area contributed by atoms with E-state index in [0.717, 1.165) is 38.1 Å². The molecule has 0 spiro atoms. The van der Waals surface area contributed by atoms with Crippen molar-refractivity contribution in [2.24, 2.45) is 5.73 Å². The quantitative estimate of drug-likeness (QED) is 0.894. The maximum absolute atomic E-state index is 12.1. The summed E-state index contributed by atoms with van der Waals surface area (Å²) in [5, 5.41) is 0. The number of hydrogen-bond acceptors (Lipinski definition) is 3. The molecule has 1 aromatic rings. The fraction of sp³-hybridized carbons (Fsp3) is 0.562. The number of likely N-dealkylation sites (tertiary alicyclic amines) is 1. The number of carbonyl (C=O) groups is 1. The maximum Gasteiger partial charge on any atom is 0.260 e. The first-order valence-corrected chi connectivity index (χ1v) is 7.49. The summed E-state index contributed by atoms with van der Waals surface area (Å²) >= 11 is 0. The molecule has 4 nitrogen and oxygen atoms in total. The Labute approximate surface area is 120 Å². The third-order valence-corrected chi connectivity index (χ3v) is 3.68. The smallest absolute Gasteiger partial charge is 0.260 e. The highest BCUT2D eigenvalue weighted by molar-refractivity contribution is 5.77. The highest BCUT2D eigenvalue weighted by Gasteiger charge is 2.15. The lowest BCUT2D eigenvalue weighted by Crippen LogP contribution is -2.35. The topological polar surface area (TPSA) is 55.6 Å². The zero-order valence-electron chi connectivity index (χ0n) is 12.0. The first-order chi connectivity index (χ1) is 9.79. The van der Waals surface area contributed by atoms with E-state index in [0.29, 0.717) is 6.54 Å². The number of ether oxygens (including phenoxy) is 1. The fourth-order valence-electron chi connectivity index (χ4n) is 2.48. The second-order valence-corrected chi connectivity index (χ2v) is 5.27. The number of nitrogens with two attached hydrogens (primary N) is 1.